The van der Waals surface area contributed by atoms with Crippen LogP contribution in [0.5, 0.6) is 0 Å². The van der Waals surface area contributed by atoms with Crippen molar-refractivity contribution in [3.63, 3.8) is 0 Å². The van der Waals surface area contributed by atoms with Crippen LogP contribution in [0.1, 0.15) is 58.3 Å². The van der Waals surface area contributed by atoms with Gasteiger partial charge in [-0.15, -0.1) is 0 Å². The number of hydrogen-bond acceptors (Lipinski definition) is 2. The summed E-state index contributed by atoms with van der Waals surface area (Å²) in [6.07, 6.45) is 0.777. The predicted molar refractivity (Wildman–Crippen MR) is 87.1 cm³/mol. The summed E-state index contributed by atoms with van der Waals surface area (Å²) in [7, 11) is 2.08. The Bertz CT molecular complexity index is 391. The lowest BCUT2D eigenvalue weighted by atomic mass is 9.86. The molecule has 0 radical (unpaired) electrons. The van der Waals surface area contributed by atoms with E-state index in [4.69, 9.17) is 0 Å². The molecule has 114 valence electrons. The van der Waals surface area contributed by atoms with E-state index < -0.39 is 6.10 Å². The topological polar surface area (TPSA) is 23.5 Å². The zero-order valence-electron chi connectivity index (χ0n) is 14.0. The SMILES string of the molecule is CCC(C)CN(C)CC(O)c1ccc(C(C)(C)C)cc1. The lowest BCUT2D eigenvalue weighted by Gasteiger charge is -2.24. The second-order valence-corrected chi connectivity index (χ2v) is 7.12. The first-order chi connectivity index (χ1) is 9.24. The van der Waals surface area contributed by atoms with Crippen LogP contribution < -0.4 is 0 Å². The van der Waals surface area contributed by atoms with Gasteiger partial charge in [-0.05, 0) is 29.5 Å². The Morgan fingerprint density at radius 1 is 1.10 bits per heavy atom. The van der Waals surface area contributed by atoms with Gasteiger partial charge < -0.3 is 10.0 Å². The van der Waals surface area contributed by atoms with Crippen molar-refractivity contribution in [2.45, 2.75) is 52.6 Å². The Kier molecular flexibility index (Phi) is 6.22. The molecule has 20 heavy (non-hydrogen) atoms. The molecular weight excluding hydrogens is 246 g/mol. The summed E-state index contributed by atoms with van der Waals surface area (Å²) in [6, 6.07) is 8.38. The average molecular weight is 277 g/mol. The molecule has 0 fully saturated rings. The summed E-state index contributed by atoms with van der Waals surface area (Å²) in [5.41, 5.74) is 2.48. The second kappa shape index (κ2) is 7.24. The first-order valence-corrected chi connectivity index (χ1v) is 7.71. The molecule has 0 heterocycles. The molecule has 1 rings (SSSR count). The van der Waals surface area contributed by atoms with E-state index in [1.54, 1.807) is 0 Å². The monoisotopic (exact) mass is 277 g/mol. The number of hydrogen-bond donors (Lipinski definition) is 1. The van der Waals surface area contributed by atoms with Gasteiger partial charge >= 0.3 is 0 Å². The van der Waals surface area contributed by atoms with Crippen LogP contribution in [-0.2, 0) is 5.41 Å². The molecule has 0 aliphatic rings. The van der Waals surface area contributed by atoms with E-state index in [1.165, 1.54) is 12.0 Å². The summed E-state index contributed by atoms with van der Waals surface area (Å²) >= 11 is 0. The van der Waals surface area contributed by atoms with Crippen LogP contribution >= 0.6 is 0 Å². The van der Waals surface area contributed by atoms with Gasteiger partial charge in [0, 0.05) is 13.1 Å². The van der Waals surface area contributed by atoms with E-state index in [2.05, 4.69) is 70.8 Å². The Hall–Kier alpha value is -0.860. The maximum Gasteiger partial charge on any atom is 0.0916 e. The van der Waals surface area contributed by atoms with Gasteiger partial charge in [0.15, 0.2) is 0 Å². The van der Waals surface area contributed by atoms with Crippen molar-refractivity contribution in [2.75, 3.05) is 20.1 Å². The predicted octanol–water partition coefficient (Wildman–Crippen LogP) is 4.00. The molecule has 2 heteroatoms. The van der Waals surface area contributed by atoms with Crippen molar-refractivity contribution in [1.82, 2.24) is 4.90 Å². The molecule has 1 aromatic rings. The fourth-order valence-electron chi connectivity index (χ4n) is 2.34. The minimum absolute atomic E-state index is 0.164. The number of nitrogens with zero attached hydrogens (tertiary/aromatic N) is 1. The average Bonchev–Trinajstić information content (AvgIpc) is 2.37. The zero-order chi connectivity index (χ0) is 15.3. The molecule has 0 saturated carbocycles. The molecule has 2 atom stereocenters. The van der Waals surface area contributed by atoms with Crippen molar-refractivity contribution in [3.05, 3.63) is 35.4 Å². The van der Waals surface area contributed by atoms with Crippen LogP contribution in [0.4, 0.5) is 0 Å². The third-order valence-corrected chi connectivity index (χ3v) is 3.97. The van der Waals surface area contributed by atoms with E-state index in [-0.39, 0.29) is 5.41 Å². The van der Waals surface area contributed by atoms with Crippen molar-refractivity contribution in [2.24, 2.45) is 5.92 Å². The highest BCUT2D eigenvalue weighted by Gasteiger charge is 2.16. The molecule has 2 nitrogen and oxygen atoms in total. The van der Waals surface area contributed by atoms with Crippen LogP contribution in [0.3, 0.4) is 0 Å². The molecule has 0 aliphatic carbocycles. The van der Waals surface area contributed by atoms with Crippen molar-refractivity contribution < 1.29 is 5.11 Å². The van der Waals surface area contributed by atoms with Crippen LogP contribution in [-0.4, -0.2) is 30.1 Å². The molecular formula is C18H31NO. The lowest BCUT2D eigenvalue weighted by Crippen LogP contribution is -2.28. The molecule has 0 bridgehead atoms. The van der Waals surface area contributed by atoms with Gasteiger partial charge in [-0.25, -0.2) is 0 Å². The number of aliphatic hydroxyl groups excluding tert-OH is 1. The van der Waals surface area contributed by atoms with Crippen LogP contribution in [0.15, 0.2) is 24.3 Å². The van der Waals surface area contributed by atoms with Crippen molar-refractivity contribution in [1.29, 1.82) is 0 Å². The highest BCUT2D eigenvalue weighted by molar-refractivity contribution is 5.28. The highest BCUT2D eigenvalue weighted by Crippen LogP contribution is 2.24. The molecule has 1 aromatic carbocycles. The summed E-state index contributed by atoms with van der Waals surface area (Å²) < 4.78 is 0. The van der Waals surface area contributed by atoms with Crippen molar-refractivity contribution in [3.8, 4) is 0 Å². The highest BCUT2D eigenvalue weighted by atomic mass is 16.3. The largest absolute Gasteiger partial charge is 0.387 e. The smallest absolute Gasteiger partial charge is 0.0916 e. The van der Waals surface area contributed by atoms with Gasteiger partial charge in [-0.3, -0.25) is 0 Å². The summed E-state index contributed by atoms with van der Waals surface area (Å²) in [5, 5.41) is 10.3. The van der Waals surface area contributed by atoms with Gasteiger partial charge in [0.05, 0.1) is 6.10 Å². The molecule has 0 aliphatic heterocycles. The Labute approximate surface area is 124 Å². The fraction of sp³-hybridized carbons (Fsp3) is 0.667. The quantitative estimate of drug-likeness (QED) is 0.849. The van der Waals surface area contributed by atoms with E-state index in [0.29, 0.717) is 12.5 Å². The minimum atomic E-state index is -0.405. The zero-order valence-corrected chi connectivity index (χ0v) is 14.0. The Balaban J connectivity index is 2.62. The standard InChI is InChI=1S/C18H31NO/c1-7-14(2)12-19(6)13-17(20)15-8-10-16(11-9-15)18(3,4)5/h8-11,14,17,20H,7,12-13H2,1-6H3. The molecule has 0 saturated heterocycles. The van der Waals surface area contributed by atoms with Crippen molar-refractivity contribution >= 4 is 0 Å². The fourth-order valence-corrected chi connectivity index (χ4v) is 2.34. The van der Waals surface area contributed by atoms with Gasteiger partial charge in [-0.2, -0.15) is 0 Å². The number of rotatable bonds is 6. The third-order valence-electron chi connectivity index (χ3n) is 3.97. The first kappa shape index (κ1) is 17.2. The number of benzene rings is 1. The maximum atomic E-state index is 10.3. The second-order valence-electron chi connectivity index (χ2n) is 7.12. The number of likely N-dealkylation sites (N-methyl/N-ethyl adjacent to an activating group) is 1. The van der Waals surface area contributed by atoms with E-state index >= 15 is 0 Å². The van der Waals surface area contributed by atoms with E-state index in [1.807, 2.05) is 0 Å². The van der Waals surface area contributed by atoms with E-state index in [9.17, 15) is 5.11 Å². The van der Waals surface area contributed by atoms with Gasteiger partial charge in [0.25, 0.3) is 0 Å². The first-order valence-electron chi connectivity index (χ1n) is 7.71. The molecule has 1 N–H and O–H groups in total. The van der Waals surface area contributed by atoms with Crippen LogP contribution in [0, 0.1) is 5.92 Å². The summed E-state index contributed by atoms with van der Waals surface area (Å²) in [4.78, 5) is 2.22. The summed E-state index contributed by atoms with van der Waals surface area (Å²) in [6.45, 7) is 12.8. The molecule has 0 spiro atoms. The maximum absolute atomic E-state index is 10.3. The van der Waals surface area contributed by atoms with Crippen LogP contribution in [0.25, 0.3) is 0 Å². The Morgan fingerprint density at radius 3 is 2.10 bits per heavy atom. The molecule has 2 unspecified atom stereocenters. The number of aliphatic hydroxyl groups is 1. The van der Waals surface area contributed by atoms with Gasteiger partial charge in [0.1, 0.15) is 0 Å². The van der Waals surface area contributed by atoms with E-state index in [0.717, 1.165) is 12.1 Å². The normalized spacial score (nSPS) is 15.4. The third kappa shape index (κ3) is 5.26. The van der Waals surface area contributed by atoms with Crippen LogP contribution in [0.2, 0.25) is 0 Å². The van der Waals surface area contributed by atoms with Gasteiger partial charge in [0.2, 0.25) is 0 Å². The Morgan fingerprint density at radius 2 is 1.65 bits per heavy atom. The van der Waals surface area contributed by atoms with Gasteiger partial charge in [-0.1, -0.05) is 65.3 Å². The summed E-state index contributed by atoms with van der Waals surface area (Å²) in [5.74, 6) is 0.676. The molecule has 0 aromatic heterocycles. The minimum Gasteiger partial charge on any atom is -0.387 e. The molecule has 0 amide bonds. The lowest BCUT2D eigenvalue weighted by molar-refractivity contribution is 0.119.